The molecule has 1 aliphatic carbocycles. The molecule has 0 bridgehead atoms. The summed E-state index contributed by atoms with van der Waals surface area (Å²) in [6, 6.07) is 7.79. The highest BCUT2D eigenvalue weighted by Crippen LogP contribution is 2.50. The summed E-state index contributed by atoms with van der Waals surface area (Å²) in [6.45, 7) is 5.18. The van der Waals surface area contributed by atoms with Crippen LogP contribution in [0, 0.1) is 5.92 Å². The molecule has 4 rings (SSSR count). The minimum atomic E-state index is -0.361. The summed E-state index contributed by atoms with van der Waals surface area (Å²) in [5, 5.41) is 3.27. The van der Waals surface area contributed by atoms with Gasteiger partial charge in [-0.3, -0.25) is 9.59 Å². The quantitative estimate of drug-likeness (QED) is 0.791. The Kier molecular flexibility index (Phi) is 6.23. The second-order valence-electron chi connectivity index (χ2n) is 8.94. The lowest BCUT2D eigenvalue weighted by Crippen LogP contribution is -2.61. The Hall–Kier alpha value is -1.88. The number of hydrogen-bond donors (Lipinski definition) is 1. The van der Waals surface area contributed by atoms with Crippen LogP contribution in [0.5, 0.6) is 0 Å². The Morgan fingerprint density at radius 2 is 1.93 bits per heavy atom. The van der Waals surface area contributed by atoms with Gasteiger partial charge >= 0.3 is 0 Å². The van der Waals surface area contributed by atoms with Crippen molar-refractivity contribution in [2.24, 2.45) is 5.92 Å². The topological polar surface area (TPSA) is 58.6 Å². The largest absolute Gasteiger partial charge is 0.381 e. The molecule has 0 aromatic heterocycles. The molecule has 1 spiro atoms. The Morgan fingerprint density at radius 3 is 2.66 bits per heavy atom. The van der Waals surface area contributed by atoms with E-state index in [2.05, 4.69) is 17.1 Å². The first-order chi connectivity index (χ1) is 14.2. The molecule has 2 fully saturated rings. The van der Waals surface area contributed by atoms with Crippen molar-refractivity contribution in [2.45, 2.75) is 69.7 Å². The molecule has 1 aromatic rings. The number of carbonyl (C=O) groups is 2. The van der Waals surface area contributed by atoms with Crippen LogP contribution in [-0.2, 0) is 9.53 Å². The number of amides is 2. The van der Waals surface area contributed by atoms with Gasteiger partial charge < -0.3 is 15.0 Å². The van der Waals surface area contributed by atoms with E-state index < -0.39 is 0 Å². The maximum atomic E-state index is 13.6. The van der Waals surface area contributed by atoms with Gasteiger partial charge in [-0.2, -0.15) is 0 Å². The molecule has 0 radical (unpaired) electrons. The molecule has 1 atom stereocenters. The molecule has 1 aromatic carbocycles. The summed E-state index contributed by atoms with van der Waals surface area (Å²) < 4.78 is 5.45. The number of fused-ring (bicyclic) bond motifs is 1. The second-order valence-corrected chi connectivity index (χ2v) is 8.94. The molecule has 0 unspecified atom stereocenters. The number of benzene rings is 1. The van der Waals surface area contributed by atoms with E-state index in [1.165, 1.54) is 0 Å². The minimum absolute atomic E-state index is 0.0971. The Bertz CT molecular complexity index is 735. The zero-order valence-corrected chi connectivity index (χ0v) is 17.6. The fourth-order valence-electron chi connectivity index (χ4n) is 5.61. The Morgan fingerprint density at radius 1 is 1.21 bits per heavy atom. The van der Waals surface area contributed by atoms with Crippen LogP contribution < -0.4 is 5.32 Å². The fourth-order valence-corrected chi connectivity index (χ4v) is 5.61. The fraction of sp³-hybridized carbons (Fsp3) is 0.667. The number of hydrogen-bond acceptors (Lipinski definition) is 3. The molecule has 2 amide bonds. The number of ether oxygens (including phenoxy) is 1. The van der Waals surface area contributed by atoms with Gasteiger partial charge in [0.05, 0.1) is 11.5 Å². The summed E-state index contributed by atoms with van der Waals surface area (Å²) in [4.78, 5) is 29.1. The molecule has 2 aliphatic heterocycles. The van der Waals surface area contributed by atoms with E-state index in [0.29, 0.717) is 18.0 Å². The predicted molar refractivity (Wildman–Crippen MR) is 113 cm³/mol. The van der Waals surface area contributed by atoms with Crippen molar-refractivity contribution >= 4 is 11.8 Å². The molecule has 1 saturated heterocycles. The van der Waals surface area contributed by atoms with Gasteiger partial charge in [-0.15, -0.1) is 0 Å². The van der Waals surface area contributed by atoms with Gasteiger partial charge in [-0.1, -0.05) is 44.4 Å². The molecule has 5 heteroatoms. The zero-order chi connectivity index (χ0) is 20.3. The van der Waals surface area contributed by atoms with E-state index in [1.807, 2.05) is 24.3 Å². The standard InChI is InChI=1S/C24H34N2O3/c1-2-3-14-26-23(28)20-9-5-4-8-19(20)21(24(26)12-6-7-13-24)22(27)25-17-18-10-15-29-16-11-18/h4-5,8-9,18,21H,2-3,6-7,10-17H2,1H3,(H,25,27)/t21-/m0/s1. The van der Waals surface area contributed by atoms with E-state index in [-0.39, 0.29) is 23.3 Å². The van der Waals surface area contributed by atoms with Crippen molar-refractivity contribution in [2.75, 3.05) is 26.3 Å². The maximum absolute atomic E-state index is 13.6. The number of unbranched alkanes of at least 4 members (excludes halogenated alkanes) is 1. The molecule has 1 saturated carbocycles. The minimum Gasteiger partial charge on any atom is -0.381 e. The first-order valence-corrected chi connectivity index (χ1v) is 11.4. The van der Waals surface area contributed by atoms with Gasteiger partial charge in [-0.25, -0.2) is 0 Å². The number of carbonyl (C=O) groups excluding carboxylic acids is 2. The third kappa shape index (κ3) is 3.81. The smallest absolute Gasteiger partial charge is 0.254 e. The van der Waals surface area contributed by atoms with Crippen molar-refractivity contribution in [1.82, 2.24) is 10.2 Å². The molecule has 1 N–H and O–H groups in total. The Balaban J connectivity index is 1.65. The van der Waals surface area contributed by atoms with Crippen molar-refractivity contribution in [1.29, 1.82) is 0 Å². The highest BCUT2D eigenvalue weighted by molar-refractivity contribution is 6.02. The first-order valence-electron chi connectivity index (χ1n) is 11.4. The van der Waals surface area contributed by atoms with E-state index in [1.54, 1.807) is 0 Å². The van der Waals surface area contributed by atoms with E-state index >= 15 is 0 Å². The number of nitrogens with one attached hydrogen (secondary N) is 1. The van der Waals surface area contributed by atoms with Crippen molar-refractivity contribution in [3.8, 4) is 0 Å². The van der Waals surface area contributed by atoms with Crippen LogP contribution in [-0.4, -0.2) is 48.6 Å². The summed E-state index contributed by atoms with van der Waals surface area (Å²) in [5.41, 5.74) is 1.28. The van der Waals surface area contributed by atoms with Crippen LogP contribution in [0.1, 0.15) is 80.1 Å². The van der Waals surface area contributed by atoms with Crippen molar-refractivity contribution < 1.29 is 14.3 Å². The molecule has 158 valence electrons. The van der Waals surface area contributed by atoms with Crippen LogP contribution in [0.2, 0.25) is 0 Å². The van der Waals surface area contributed by atoms with Crippen LogP contribution in [0.25, 0.3) is 0 Å². The summed E-state index contributed by atoms with van der Waals surface area (Å²) in [5.74, 6) is 0.434. The van der Waals surface area contributed by atoms with Crippen molar-refractivity contribution in [3.63, 3.8) is 0 Å². The van der Waals surface area contributed by atoms with Gasteiger partial charge in [0.25, 0.3) is 5.91 Å². The maximum Gasteiger partial charge on any atom is 0.254 e. The number of rotatable bonds is 6. The normalized spacial score (nSPS) is 24.0. The monoisotopic (exact) mass is 398 g/mol. The lowest BCUT2D eigenvalue weighted by molar-refractivity contribution is -0.126. The molecular formula is C24H34N2O3. The van der Waals surface area contributed by atoms with E-state index in [9.17, 15) is 9.59 Å². The predicted octanol–water partition coefficient (Wildman–Crippen LogP) is 3.88. The summed E-state index contributed by atoms with van der Waals surface area (Å²) in [6.07, 6.45) is 8.05. The van der Waals surface area contributed by atoms with E-state index in [0.717, 1.165) is 76.7 Å². The van der Waals surface area contributed by atoms with Gasteiger partial charge in [0, 0.05) is 31.9 Å². The van der Waals surface area contributed by atoms with Crippen LogP contribution >= 0.6 is 0 Å². The van der Waals surface area contributed by atoms with Gasteiger partial charge in [0.2, 0.25) is 5.91 Å². The Labute approximate surface area is 174 Å². The molecular weight excluding hydrogens is 364 g/mol. The average molecular weight is 399 g/mol. The SMILES string of the molecule is CCCCN1C(=O)c2ccccc2[C@@H](C(=O)NCC2CCOCC2)C12CCCC2. The number of nitrogens with zero attached hydrogens (tertiary/aromatic N) is 1. The third-order valence-corrected chi connectivity index (χ3v) is 7.19. The molecule has 5 nitrogen and oxygen atoms in total. The van der Waals surface area contributed by atoms with Gasteiger partial charge in [0.1, 0.15) is 0 Å². The average Bonchev–Trinajstić information content (AvgIpc) is 3.23. The zero-order valence-electron chi connectivity index (χ0n) is 17.6. The van der Waals surface area contributed by atoms with E-state index in [4.69, 9.17) is 4.74 Å². The second kappa shape index (κ2) is 8.86. The first kappa shape index (κ1) is 20.4. The van der Waals surface area contributed by atoms with Crippen molar-refractivity contribution in [3.05, 3.63) is 35.4 Å². The lowest BCUT2D eigenvalue weighted by Gasteiger charge is -2.50. The molecule has 2 heterocycles. The van der Waals surface area contributed by atoms with Crippen LogP contribution in [0.3, 0.4) is 0 Å². The summed E-state index contributed by atoms with van der Waals surface area (Å²) in [7, 11) is 0. The third-order valence-electron chi connectivity index (χ3n) is 7.19. The highest BCUT2D eigenvalue weighted by atomic mass is 16.5. The van der Waals surface area contributed by atoms with Gasteiger partial charge in [-0.05, 0) is 49.7 Å². The molecule has 29 heavy (non-hydrogen) atoms. The highest BCUT2D eigenvalue weighted by Gasteiger charge is 2.55. The van der Waals surface area contributed by atoms with Crippen LogP contribution in [0.4, 0.5) is 0 Å². The molecule has 3 aliphatic rings. The van der Waals surface area contributed by atoms with Crippen LogP contribution in [0.15, 0.2) is 24.3 Å². The summed E-state index contributed by atoms with van der Waals surface area (Å²) >= 11 is 0. The lowest BCUT2D eigenvalue weighted by atomic mass is 9.71. The van der Waals surface area contributed by atoms with Gasteiger partial charge in [0.15, 0.2) is 0 Å².